The first-order chi connectivity index (χ1) is 18.1. The molecule has 38 heavy (non-hydrogen) atoms. The number of nitrogens with zero attached hydrogens (tertiary/aromatic N) is 3. The third kappa shape index (κ3) is 6.29. The maximum absolute atomic E-state index is 12.8. The molecule has 0 saturated carbocycles. The number of aromatic nitrogens is 2. The molecule has 0 unspecified atom stereocenters. The fraction of sp³-hybridized carbons (Fsp3) is 0.407. The normalized spacial score (nSPS) is 16.4. The number of carbonyl (C=O) groups is 3. The molecule has 3 amide bonds. The van der Waals surface area contributed by atoms with E-state index in [0.717, 1.165) is 11.1 Å². The maximum atomic E-state index is 12.8. The quantitative estimate of drug-likeness (QED) is 0.368. The van der Waals surface area contributed by atoms with Gasteiger partial charge in [0.2, 0.25) is 11.8 Å². The fourth-order valence-electron chi connectivity index (χ4n) is 4.39. The molecule has 0 spiro atoms. The fourth-order valence-corrected chi connectivity index (χ4v) is 4.39. The number of likely N-dealkylation sites (tertiary alicyclic amines) is 1. The standard InChI is InChI=1S/C27H34N6O5/c1-27(2,29)25(35)31-21(17-37-15-18-8-4-3-5-9-18)24-30-14-19-10-6-11-20(33(19)24)16-38-26(36)32-13-7-12-22(32)23(28)34/h3-6,8-11,14,21-22H,7,12-13,15-17,29H2,1-2H3,(H2,28,34)(H,31,35)/t21-,22-/m1/s1. The van der Waals surface area contributed by atoms with Gasteiger partial charge in [0.25, 0.3) is 0 Å². The van der Waals surface area contributed by atoms with Crippen LogP contribution in [0.15, 0.2) is 54.7 Å². The van der Waals surface area contributed by atoms with Crippen LogP contribution in [0.5, 0.6) is 0 Å². The summed E-state index contributed by atoms with van der Waals surface area (Å²) < 4.78 is 13.4. The topological polar surface area (TPSA) is 154 Å². The van der Waals surface area contributed by atoms with Crippen LogP contribution in [0.2, 0.25) is 0 Å². The first kappa shape index (κ1) is 27.1. The van der Waals surface area contributed by atoms with Crippen LogP contribution in [-0.4, -0.2) is 56.9 Å². The Morgan fingerprint density at radius 1 is 1.13 bits per heavy atom. The number of carbonyl (C=O) groups excluding carboxylic acids is 3. The van der Waals surface area contributed by atoms with Crippen LogP contribution in [-0.2, 0) is 32.3 Å². The van der Waals surface area contributed by atoms with Gasteiger partial charge < -0.3 is 26.3 Å². The summed E-state index contributed by atoms with van der Waals surface area (Å²) in [6, 6.07) is 13.9. The Hall–Kier alpha value is -3.96. The molecule has 1 aliphatic rings. The van der Waals surface area contributed by atoms with Gasteiger partial charge in [-0.3, -0.25) is 18.9 Å². The Bertz CT molecular complexity index is 1290. The molecule has 4 rings (SSSR count). The second kappa shape index (κ2) is 11.6. The summed E-state index contributed by atoms with van der Waals surface area (Å²) in [5, 5.41) is 2.95. The number of hydrogen-bond donors (Lipinski definition) is 3. The van der Waals surface area contributed by atoms with Crippen molar-refractivity contribution in [3.63, 3.8) is 0 Å². The number of hydrogen-bond acceptors (Lipinski definition) is 7. The van der Waals surface area contributed by atoms with Crippen LogP contribution in [0, 0.1) is 0 Å². The van der Waals surface area contributed by atoms with Gasteiger partial charge in [-0.15, -0.1) is 0 Å². The summed E-state index contributed by atoms with van der Waals surface area (Å²) in [7, 11) is 0. The van der Waals surface area contributed by atoms with Crippen molar-refractivity contribution in [2.45, 2.75) is 57.5 Å². The van der Waals surface area contributed by atoms with Crippen LogP contribution in [0.4, 0.5) is 4.79 Å². The highest BCUT2D eigenvalue weighted by atomic mass is 16.6. The lowest BCUT2D eigenvalue weighted by Crippen LogP contribution is -2.51. The van der Waals surface area contributed by atoms with Crippen molar-refractivity contribution in [1.29, 1.82) is 0 Å². The van der Waals surface area contributed by atoms with E-state index in [9.17, 15) is 14.4 Å². The predicted octanol–water partition coefficient (Wildman–Crippen LogP) is 2.03. The van der Waals surface area contributed by atoms with E-state index in [-0.39, 0.29) is 19.1 Å². The SMILES string of the molecule is CC(C)(N)C(=O)N[C@H](COCc1ccccc1)c1ncc2cccc(COC(=O)N3CCC[C@@H]3C(N)=O)n12. The molecule has 3 heterocycles. The van der Waals surface area contributed by atoms with Crippen molar-refractivity contribution < 1.29 is 23.9 Å². The first-order valence-corrected chi connectivity index (χ1v) is 12.5. The average Bonchev–Trinajstić information content (AvgIpc) is 3.55. The van der Waals surface area contributed by atoms with Crippen LogP contribution >= 0.6 is 0 Å². The van der Waals surface area contributed by atoms with Crippen molar-refractivity contribution >= 4 is 23.4 Å². The van der Waals surface area contributed by atoms with Gasteiger partial charge in [0, 0.05) is 6.54 Å². The van der Waals surface area contributed by atoms with E-state index in [0.29, 0.717) is 37.5 Å². The van der Waals surface area contributed by atoms with E-state index in [4.69, 9.17) is 20.9 Å². The lowest BCUT2D eigenvalue weighted by atomic mass is 10.1. The van der Waals surface area contributed by atoms with Crippen molar-refractivity contribution in [3.8, 4) is 0 Å². The monoisotopic (exact) mass is 522 g/mol. The molecule has 11 nitrogen and oxygen atoms in total. The highest BCUT2D eigenvalue weighted by Crippen LogP contribution is 2.22. The Morgan fingerprint density at radius 2 is 1.89 bits per heavy atom. The minimum Gasteiger partial charge on any atom is -0.443 e. The number of pyridine rings is 1. The smallest absolute Gasteiger partial charge is 0.410 e. The van der Waals surface area contributed by atoms with Crippen LogP contribution in [0.3, 0.4) is 0 Å². The van der Waals surface area contributed by atoms with Crippen molar-refractivity contribution in [2.75, 3.05) is 13.2 Å². The zero-order valence-electron chi connectivity index (χ0n) is 21.6. The maximum Gasteiger partial charge on any atom is 0.410 e. The molecule has 1 saturated heterocycles. The van der Waals surface area contributed by atoms with Crippen LogP contribution in [0.25, 0.3) is 5.52 Å². The Labute approximate surface area is 221 Å². The largest absolute Gasteiger partial charge is 0.443 e. The number of rotatable bonds is 10. The Morgan fingerprint density at radius 3 is 2.61 bits per heavy atom. The molecule has 1 fully saturated rings. The lowest BCUT2D eigenvalue weighted by Gasteiger charge is -2.25. The number of nitrogens with one attached hydrogen (secondary N) is 1. The van der Waals surface area contributed by atoms with Gasteiger partial charge in [0.1, 0.15) is 24.5 Å². The second-order valence-electron chi connectivity index (χ2n) is 9.95. The molecule has 1 aromatic carbocycles. The van der Waals surface area contributed by atoms with Gasteiger partial charge in [0.15, 0.2) is 0 Å². The van der Waals surface area contributed by atoms with Crippen LogP contribution < -0.4 is 16.8 Å². The number of imidazole rings is 1. The number of primary amides is 1. The number of ether oxygens (including phenoxy) is 2. The van der Waals surface area contributed by atoms with Crippen molar-refractivity contribution in [2.24, 2.45) is 11.5 Å². The van der Waals surface area contributed by atoms with Gasteiger partial charge in [-0.25, -0.2) is 9.78 Å². The summed E-state index contributed by atoms with van der Waals surface area (Å²) in [5.74, 6) is -0.401. The zero-order chi connectivity index (χ0) is 27.3. The van der Waals surface area contributed by atoms with Gasteiger partial charge in [-0.2, -0.15) is 0 Å². The summed E-state index contributed by atoms with van der Waals surface area (Å²) in [5.41, 5.74) is 12.7. The second-order valence-corrected chi connectivity index (χ2v) is 9.95. The van der Waals surface area contributed by atoms with Gasteiger partial charge >= 0.3 is 6.09 Å². The van der Waals surface area contributed by atoms with Gasteiger partial charge in [0.05, 0.1) is 36.2 Å². The molecule has 3 aromatic rings. The molecular weight excluding hydrogens is 488 g/mol. The predicted molar refractivity (Wildman–Crippen MR) is 140 cm³/mol. The summed E-state index contributed by atoms with van der Waals surface area (Å²) >= 11 is 0. The van der Waals surface area contributed by atoms with Crippen molar-refractivity contribution in [3.05, 3.63) is 71.8 Å². The molecular formula is C27H34N6O5. The third-order valence-corrected chi connectivity index (χ3v) is 6.42. The van der Waals surface area contributed by atoms with E-state index < -0.39 is 29.6 Å². The first-order valence-electron chi connectivity index (χ1n) is 12.5. The number of amides is 3. The molecule has 1 aliphatic heterocycles. The molecule has 0 radical (unpaired) electrons. The van der Waals surface area contributed by atoms with E-state index in [2.05, 4.69) is 10.3 Å². The average molecular weight is 523 g/mol. The molecule has 2 atom stereocenters. The summed E-state index contributed by atoms with van der Waals surface area (Å²) in [6.45, 7) is 4.07. The molecule has 0 aliphatic carbocycles. The number of nitrogens with two attached hydrogens (primary N) is 2. The third-order valence-electron chi connectivity index (χ3n) is 6.42. The highest BCUT2D eigenvalue weighted by molar-refractivity contribution is 5.85. The number of benzene rings is 1. The minimum absolute atomic E-state index is 0.0740. The minimum atomic E-state index is -1.12. The highest BCUT2D eigenvalue weighted by Gasteiger charge is 2.34. The summed E-state index contributed by atoms with van der Waals surface area (Å²) in [6.07, 6.45) is 2.28. The molecule has 11 heteroatoms. The van der Waals surface area contributed by atoms with Gasteiger partial charge in [-0.05, 0) is 44.4 Å². The van der Waals surface area contributed by atoms with Gasteiger partial charge in [-0.1, -0.05) is 36.4 Å². The van der Waals surface area contributed by atoms with E-state index in [1.165, 1.54) is 4.90 Å². The molecule has 202 valence electrons. The van der Waals surface area contributed by atoms with Crippen molar-refractivity contribution in [1.82, 2.24) is 19.6 Å². The van der Waals surface area contributed by atoms with E-state index in [1.807, 2.05) is 46.9 Å². The molecule has 5 N–H and O–H groups in total. The van der Waals surface area contributed by atoms with E-state index >= 15 is 0 Å². The summed E-state index contributed by atoms with van der Waals surface area (Å²) in [4.78, 5) is 43.2. The number of fused-ring (bicyclic) bond motifs is 1. The zero-order valence-corrected chi connectivity index (χ0v) is 21.6. The Kier molecular flexibility index (Phi) is 8.28. The molecule has 2 aromatic heterocycles. The Balaban J connectivity index is 1.56. The van der Waals surface area contributed by atoms with Crippen LogP contribution in [0.1, 0.15) is 49.8 Å². The van der Waals surface area contributed by atoms with E-state index in [1.54, 1.807) is 26.1 Å². The lowest BCUT2D eigenvalue weighted by molar-refractivity contribution is -0.126. The molecule has 0 bridgehead atoms.